The number of furan rings is 2. The van der Waals surface area contributed by atoms with Crippen LogP contribution in [0.2, 0.25) is 0 Å². The summed E-state index contributed by atoms with van der Waals surface area (Å²) < 4.78 is 23.3. The number of phenolic OH excluding ortho intramolecular Hbond substituents is 1. The minimum absolute atomic E-state index is 0.0167. The molecule has 0 amide bonds. The molecule has 9 rings (SSSR count). The smallest absolute Gasteiger partial charge is 0.336 e. The van der Waals surface area contributed by atoms with Crippen LogP contribution in [0.5, 0.6) is 11.5 Å². The fraction of sp³-hybridized carbons (Fsp3) is 0.127. The number of carbonyl (C=O) groups excluding carboxylic acids is 2. The third-order valence-corrected chi connectivity index (χ3v) is 11.0. The van der Waals surface area contributed by atoms with Crippen molar-refractivity contribution >= 4 is 23.6 Å². The van der Waals surface area contributed by atoms with Crippen LogP contribution in [0.1, 0.15) is 39.6 Å². The van der Waals surface area contributed by atoms with E-state index in [-0.39, 0.29) is 18.6 Å². The Labute approximate surface area is 392 Å². The first-order valence-corrected chi connectivity index (χ1v) is 22.1. The number of anilines is 2. The van der Waals surface area contributed by atoms with E-state index in [9.17, 15) is 14.7 Å². The fourth-order valence-corrected chi connectivity index (χ4v) is 7.57. The fourth-order valence-electron chi connectivity index (χ4n) is 7.57. The molecule has 13 heteroatoms. The van der Waals surface area contributed by atoms with Gasteiger partial charge < -0.3 is 34.0 Å². The first-order valence-electron chi connectivity index (χ1n) is 22.1. The topological polar surface area (TPSA) is 175 Å². The number of aromatic hydroxyl groups is 1. The number of hydrogen-bond donors (Lipinski definition) is 3. The van der Waals surface area contributed by atoms with Crippen LogP contribution in [0.25, 0.3) is 22.5 Å². The quantitative estimate of drug-likeness (QED) is 0.0517. The van der Waals surface area contributed by atoms with Crippen LogP contribution in [0, 0.1) is 0 Å². The molecule has 2 unspecified atom stereocenters. The standard InChI is InChI=1S/C55H46N6O7/c62-42-22-10-20-40(30-42)50-34-56-52(46(58-50)28-37-14-4-1-5-15-37)60-48(32-44-24-12-26-65-44)54(63)68-55(64)49(33-45-25-13-27-66-45)61-53-47(29-38-16-6-2-7-17-38)59-51(35-57-53)41-21-11-23-43(31-41)67-36-39-18-8-3-9-19-39/h1-27,30-31,34-35,48-49,62H,28-29,32-33,36H2,(H,56,60)(H,57,61). The van der Waals surface area contributed by atoms with Gasteiger partial charge in [-0.3, -0.25) is 0 Å². The third-order valence-electron chi connectivity index (χ3n) is 11.0. The van der Waals surface area contributed by atoms with Crippen LogP contribution in [0.15, 0.2) is 198 Å². The van der Waals surface area contributed by atoms with Gasteiger partial charge in [0, 0.05) is 36.8 Å². The average molecular weight is 903 g/mol. The Hall–Kier alpha value is -8.84. The molecule has 4 heterocycles. The number of nitrogens with zero attached hydrogens (tertiary/aromatic N) is 4. The molecule has 2 atom stereocenters. The summed E-state index contributed by atoms with van der Waals surface area (Å²) in [6.07, 6.45) is 6.99. The van der Waals surface area contributed by atoms with E-state index in [0.717, 1.165) is 22.3 Å². The van der Waals surface area contributed by atoms with E-state index >= 15 is 0 Å². The van der Waals surface area contributed by atoms with Gasteiger partial charge in [0.25, 0.3) is 0 Å². The molecule has 0 saturated heterocycles. The lowest BCUT2D eigenvalue weighted by atomic mass is 10.1. The molecule has 5 aromatic carbocycles. The highest BCUT2D eigenvalue weighted by Gasteiger charge is 2.31. The lowest BCUT2D eigenvalue weighted by molar-refractivity contribution is -0.160. The Kier molecular flexibility index (Phi) is 14.0. The summed E-state index contributed by atoms with van der Waals surface area (Å²) in [5.41, 5.74) is 6.63. The zero-order valence-corrected chi connectivity index (χ0v) is 36.8. The molecule has 0 aliphatic rings. The van der Waals surface area contributed by atoms with Gasteiger partial charge in [-0.15, -0.1) is 0 Å². The maximum Gasteiger partial charge on any atom is 0.336 e. The van der Waals surface area contributed by atoms with Gasteiger partial charge in [0.05, 0.1) is 47.7 Å². The lowest BCUT2D eigenvalue weighted by Crippen LogP contribution is -2.41. The van der Waals surface area contributed by atoms with E-state index in [1.54, 1.807) is 54.9 Å². The molecule has 0 fully saturated rings. The number of esters is 2. The highest BCUT2D eigenvalue weighted by molar-refractivity contribution is 5.93. The maximum atomic E-state index is 14.4. The third kappa shape index (κ3) is 11.7. The SMILES string of the molecule is O=C(OC(=O)C(Cc1ccco1)Nc1ncc(-c2cccc(OCc3ccccc3)c2)nc1Cc1ccccc1)C(Cc1ccco1)Nc1ncc(-c2cccc(O)c2)nc1Cc1ccccc1. The first-order chi connectivity index (χ1) is 33.4. The van der Waals surface area contributed by atoms with Gasteiger partial charge >= 0.3 is 11.9 Å². The maximum absolute atomic E-state index is 14.4. The molecule has 338 valence electrons. The van der Waals surface area contributed by atoms with Crippen molar-refractivity contribution in [3.63, 3.8) is 0 Å². The number of rotatable bonds is 19. The van der Waals surface area contributed by atoms with E-state index in [0.29, 0.717) is 76.7 Å². The largest absolute Gasteiger partial charge is 0.508 e. The molecule has 0 spiro atoms. The number of ether oxygens (including phenoxy) is 2. The Balaban J connectivity index is 0.997. The predicted molar refractivity (Wildman–Crippen MR) is 257 cm³/mol. The summed E-state index contributed by atoms with van der Waals surface area (Å²) in [4.78, 5) is 48.4. The number of carbonyl (C=O) groups is 2. The molecule has 68 heavy (non-hydrogen) atoms. The second-order valence-corrected chi connectivity index (χ2v) is 16.0. The van der Waals surface area contributed by atoms with Crippen molar-refractivity contribution in [1.29, 1.82) is 0 Å². The zero-order valence-electron chi connectivity index (χ0n) is 36.8. The van der Waals surface area contributed by atoms with E-state index in [2.05, 4.69) is 10.6 Å². The monoisotopic (exact) mass is 902 g/mol. The second-order valence-electron chi connectivity index (χ2n) is 16.0. The van der Waals surface area contributed by atoms with Crippen LogP contribution in [-0.2, 0) is 46.6 Å². The number of benzene rings is 5. The van der Waals surface area contributed by atoms with Gasteiger partial charge in [-0.1, -0.05) is 115 Å². The van der Waals surface area contributed by atoms with Crippen LogP contribution < -0.4 is 15.4 Å². The van der Waals surface area contributed by atoms with Crippen LogP contribution in [0.3, 0.4) is 0 Å². The molecule has 4 aromatic heterocycles. The normalized spacial score (nSPS) is 11.9. The van der Waals surface area contributed by atoms with E-state index in [1.165, 1.54) is 12.5 Å². The number of aromatic nitrogens is 4. The van der Waals surface area contributed by atoms with Crippen molar-refractivity contribution in [1.82, 2.24) is 19.9 Å². The molecule has 0 aliphatic carbocycles. The van der Waals surface area contributed by atoms with Crippen molar-refractivity contribution in [2.45, 2.75) is 44.4 Å². The predicted octanol–water partition coefficient (Wildman–Crippen LogP) is 10.1. The highest BCUT2D eigenvalue weighted by Crippen LogP contribution is 2.28. The molecule has 13 nitrogen and oxygen atoms in total. The molecular weight excluding hydrogens is 857 g/mol. The number of phenols is 1. The van der Waals surface area contributed by atoms with Gasteiger partial charge in [0.1, 0.15) is 53.3 Å². The van der Waals surface area contributed by atoms with E-state index in [1.807, 2.05) is 121 Å². The number of hydrogen-bond acceptors (Lipinski definition) is 13. The molecular formula is C55H46N6O7. The summed E-state index contributed by atoms with van der Waals surface area (Å²) in [6, 6.07) is 48.5. The van der Waals surface area contributed by atoms with Gasteiger partial charge in [-0.2, -0.15) is 0 Å². The van der Waals surface area contributed by atoms with Gasteiger partial charge in [0.2, 0.25) is 0 Å². The molecule has 3 N–H and O–H groups in total. The second kappa shape index (κ2) is 21.4. The average Bonchev–Trinajstić information content (AvgIpc) is 4.10. The zero-order chi connectivity index (χ0) is 46.5. The number of nitrogens with one attached hydrogen (secondary N) is 2. The Bertz CT molecular complexity index is 3060. The summed E-state index contributed by atoms with van der Waals surface area (Å²) in [6.45, 7) is 0.408. The van der Waals surface area contributed by atoms with Crippen LogP contribution in [-0.4, -0.2) is 49.1 Å². The molecule has 9 aromatic rings. The Morgan fingerprint density at radius 2 is 1.03 bits per heavy atom. The molecule has 0 radical (unpaired) electrons. The van der Waals surface area contributed by atoms with Crippen LogP contribution >= 0.6 is 0 Å². The van der Waals surface area contributed by atoms with Crippen molar-refractivity contribution in [3.05, 3.63) is 228 Å². The summed E-state index contributed by atoms with van der Waals surface area (Å²) >= 11 is 0. The van der Waals surface area contributed by atoms with Crippen molar-refractivity contribution in [3.8, 4) is 34.0 Å². The lowest BCUT2D eigenvalue weighted by Gasteiger charge is -2.22. The van der Waals surface area contributed by atoms with E-state index in [4.69, 9.17) is 38.2 Å². The Morgan fingerprint density at radius 3 is 1.51 bits per heavy atom. The van der Waals surface area contributed by atoms with Crippen molar-refractivity contribution in [2.24, 2.45) is 0 Å². The van der Waals surface area contributed by atoms with Gasteiger partial charge in [-0.25, -0.2) is 29.5 Å². The Morgan fingerprint density at radius 1 is 0.544 bits per heavy atom. The summed E-state index contributed by atoms with van der Waals surface area (Å²) in [7, 11) is 0. The van der Waals surface area contributed by atoms with Gasteiger partial charge in [0.15, 0.2) is 0 Å². The van der Waals surface area contributed by atoms with Crippen LogP contribution in [0.4, 0.5) is 11.6 Å². The molecule has 0 bridgehead atoms. The van der Waals surface area contributed by atoms with E-state index < -0.39 is 24.0 Å². The minimum atomic E-state index is -1.15. The molecule has 0 aliphatic heterocycles. The first kappa shape index (κ1) is 44.4. The van der Waals surface area contributed by atoms with Gasteiger partial charge in [-0.05, 0) is 65.2 Å². The summed E-state index contributed by atoms with van der Waals surface area (Å²) in [5.74, 6) is 0.605. The van der Waals surface area contributed by atoms with Crippen molar-refractivity contribution < 1.29 is 33.0 Å². The summed E-state index contributed by atoms with van der Waals surface area (Å²) in [5, 5.41) is 16.7. The molecule has 0 saturated carbocycles. The highest BCUT2D eigenvalue weighted by atomic mass is 16.6. The van der Waals surface area contributed by atoms with Crippen molar-refractivity contribution in [2.75, 3.05) is 10.6 Å². The minimum Gasteiger partial charge on any atom is -0.508 e.